The molecule has 0 saturated carbocycles. The third kappa shape index (κ3) is 86.1. The second-order valence-electron chi connectivity index (χ2n) is 29.3. The van der Waals surface area contributed by atoms with Gasteiger partial charge in [0, 0.05) is 19.3 Å². The average molecular weight is 1600 g/mol. The predicted molar refractivity (Wildman–Crippen MR) is 463 cm³/mol. The van der Waals surface area contributed by atoms with E-state index >= 15 is 0 Å². The van der Waals surface area contributed by atoms with E-state index in [9.17, 15) is 43.5 Å². The van der Waals surface area contributed by atoms with Gasteiger partial charge in [-0.05, 0) is 141 Å². The van der Waals surface area contributed by atoms with Crippen LogP contribution in [0.4, 0.5) is 0 Å². The summed E-state index contributed by atoms with van der Waals surface area (Å²) in [7, 11) is -9.80. The minimum absolute atomic E-state index is 0.0907. The Balaban J connectivity index is 4.40. The van der Waals surface area contributed by atoms with Gasteiger partial charge in [-0.3, -0.25) is 32.5 Å². The van der Waals surface area contributed by atoms with Crippen LogP contribution in [0.3, 0.4) is 0 Å². The summed E-state index contributed by atoms with van der Waals surface area (Å²) in [5.41, 5.74) is 0. The van der Waals surface area contributed by atoms with Gasteiger partial charge in [0.25, 0.3) is 0 Å². The lowest BCUT2D eigenvalue weighted by molar-refractivity contribution is -0.161. The molecule has 111 heavy (non-hydrogen) atoms. The fourth-order valence-electron chi connectivity index (χ4n) is 11.9. The molecule has 0 bridgehead atoms. The van der Waals surface area contributed by atoms with Crippen molar-refractivity contribution in [2.24, 2.45) is 0 Å². The largest absolute Gasteiger partial charge is 0.472 e. The molecule has 0 heterocycles. The fraction of sp³-hybridized carbons (Fsp3) is 0.710. The van der Waals surface area contributed by atoms with Crippen LogP contribution in [0, 0.1) is 0 Å². The van der Waals surface area contributed by atoms with Crippen molar-refractivity contribution in [1.82, 2.24) is 0 Å². The van der Waals surface area contributed by atoms with Gasteiger partial charge < -0.3 is 34.2 Å². The number of carbonyl (C=O) groups is 3. The molecule has 0 aliphatic rings. The van der Waals surface area contributed by atoms with Gasteiger partial charge in [0.1, 0.15) is 25.4 Å². The van der Waals surface area contributed by atoms with E-state index in [1.165, 1.54) is 141 Å². The lowest BCUT2D eigenvalue weighted by Gasteiger charge is -2.21. The van der Waals surface area contributed by atoms with E-state index in [2.05, 4.69) is 167 Å². The minimum Gasteiger partial charge on any atom is -0.463 e. The van der Waals surface area contributed by atoms with Crippen LogP contribution in [-0.2, 0) is 55.8 Å². The molecule has 0 aromatic heterocycles. The smallest absolute Gasteiger partial charge is 0.463 e. The summed E-state index contributed by atoms with van der Waals surface area (Å²) in [6.45, 7) is 2.45. The van der Waals surface area contributed by atoms with Crippen molar-refractivity contribution >= 4 is 33.6 Å². The van der Waals surface area contributed by atoms with Crippen molar-refractivity contribution in [1.29, 1.82) is 0 Å². The Morgan fingerprint density at radius 3 is 0.766 bits per heavy atom. The number of hydrogen-bond donors (Lipinski definition) is 4. The first-order chi connectivity index (χ1) is 54.2. The monoisotopic (exact) mass is 1600 g/mol. The molecule has 16 nitrogen and oxygen atoms in total. The van der Waals surface area contributed by atoms with Crippen LogP contribution < -0.4 is 0 Å². The van der Waals surface area contributed by atoms with Gasteiger partial charge in [-0.25, -0.2) is 9.13 Å². The van der Waals surface area contributed by atoms with Crippen molar-refractivity contribution in [3.05, 3.63) is 146 Å². The first-order valence-corrected chi connectivity index (χ1v) is 47.1. The second kappa shape index (κ2) is 84.8. The van der Waals surface area contributed by atoms with Gasteiger partial charge in [0.15, 0.2) is 6.10 Å². The summed E-state index contributed by atoms with van der Waals surface area (Å²) in [4.78, 5) is 58.8. The topological polar surface area (TPSA) is 231 Å². The SMILES string of the molecule is CC/C=C\C/C=C\C/C=C\C/C=C\C/C=C\C/C=C\CCCCCCCCCCC(=O)OCC(COP(=O)(O)OCC(O)COP(=O)(O)OCC(O)COC(=O)CCCCCCCCCCCCCCCCCCCCC/C=C\C/C=C\C/C=C\C/C=C\C/C=C\CC)OC(=O)CCCCCCC/C=C\CCCCCC. The molecule has 0 aliphatic carbocycles. The highest BCUT2D eigenvalue weighted by Crippen LogP contribution is 2.45. The Hall–Kier alpha value is -4.57. The molecule has 0 fully saturated rings. The predicted octanol–water partition coefficient (Wildman–Crippen LogP) is 26.8. The molecular formula is C93H160O16P2. The third-order valence-corrected chi connectivity index (χ3v) is 20.4. The van der Waals surface area contributed by atoms with Crippen molar-refractivity contribution in [2.45, 2.75) is 386 Å². The minimum atomic E-state index is -4.94. The summed E-state index contributed by atoms with van der Waals surface area (Å²) in [5, 5.41) is 20.7. The van der Waals surface area contributed by atoms with Gasteiger partial charge in [0.2, 0.25) is 0 Å². The van der Waals surface area contributed by atoms with Gasteiger partial charge in [-0.1, -0.05) is 353 Å². The Morgan fingerprint density at radius 1 is 0.261 bits per heavy atom. The summed E-state index contributed by atoms with van der Waals surface area (Å²) in [5.74, 6) is -1.59. The van der Waals surface area contributed by atoms with Crippen molar-refractivity contribution in [3.8, 4) is 0 Å². The van der Waals surface area contributed by atoms with Gasteiger partial charge in [-0.2, -0.15) is 0 Å². The fourth-order valence-corrected chi connectivity index (χ4v) is 13.5. The number of unbranched alkanes of at least 4 members (excludes halogenated alkanes) is 36. The highest BCUT2D eigenvalue weighted by Gasteiger charge is 2.29. The van der Waals surface area contributed by atoms with Crippen LogP contribution in [-0.4, -0.2) is 95.9 Å². The number of ether oxygens (including phenoxy) is 3. The molecule has 0 aromatic carbocycles. The number of carbonyl (C=O) groups excluding carboxylic acids is 3. The lowest BCUT2D eigenvalue weighted by atomic mass is 10.0. The maximum absolute atomic E-state index is 13.0. The zero-order valence-corrected chi connectivity index (χ0v) is 71.9. The number of phosphoric ester groups is 2. The molecule has 18 heteroatoms. The van der Waals surface area contributed by atoms with Gasteiger partial charge in [-0.15, -0.1) is 0 Å². The summed E-state index contributed by atoms with van der Waals surface area (Å²) >= 11 is 0. The van der Waals surface area contributed by atoms with Crippen molar-refractivity contribution in [3.63, 3.8) is 0 Å². The lowest BCUT2D eigenvalue weighted by Crippen LogP contribution is -2.30. The number of allylic oxidation sites excluding steroid dienone is 24. The molecular weight excluding hydrogens is 1430 g/mol. The van der Waals surface area contributed by atoms with E-state index in [0.29, 0.717) is 19.3 Å². The summed E-state index contributed by atoms with van der Waals surface area (Å²) in [6, 6.07) is 0. The molecule has 5 unspecified atom stereocenters. The summed E-state index contributed by atoms with van der Waals surface area (Å²) in [6.07, 6.45) is 106. The zero-order valence-electron chi connectivity index (χ0n) is 70.1. The Kier molecular flexibility index (Phi) is 81.3. The number of aliphatic hydroxyl groups excluding tert-OH is 2. The standard InChI is InChI=1S/C93H160O16P2/c1-4-7-10-13-16-19-22-25-27-29-31-33-35-37-39-40-41-42-43-44-45-46-48-50-51-53-55-57-59-62-64-67-70-73-76-79-91(96)103-82-88(94)83-105-110(99,100)106-84-89(95)85-107-111(101,102)108-87-90(109-93(98)81-78-75-72-69-66-61-24-21-18-15-12-9-6-3)86-104-92(97)80-77-74-71-68-65-63-60-58-56-54-52-49-47-38-36-34-32-30-28-26-23-20-17-14-11-8-5-2/h7-8,10-11,16-17,19-21,24-28,31-34,37-39,47,52,54,88-90,94-95H,4-6,9,12-15,18,22-23,29-30,35-36,40-46,48-51,53,55-87H2,1-3H3,(H,99,100)(H,101,102)/b10-7-,11-8-,19-16-,20-17-,24-21-,27-25-,28-26-,33-31-,34-32-,39-37-,47-38-,54-52-. The molecule has 0 radical (unpaired) electrons. The molecule has 638 valence electrons. The zero-order chi connectivity index (χ0) is 80.8. The molecule has 0 saturated heterocycles. The normalized spacial score (nSPS) is 14.5. The maximum atomic E-state index is 13.0. The Bertz CT molecular complexity index is 2600. The van der Waals surface area contributed by atoms with Gasteiger partial charge >= 0.3 is 33.6 Å². The van der Waals surface area contributed by atoms with Crippen molar-refractivity contribution in [2.75, 3.05) is 39.6 Å². The number of hydrogen-bond acceptors (Lipinski definition) is 14. The Labute approximate surface area is 677 Å². The summed E-state index contributed by atoms with van der Waals surface area (Å²) < 4.78 is 61.3. The molecule has 0 aromatic rings. The molecule has 0 spiro atoms. The number of rotatable bonds is 83. The number of esters is 3. The molecule has 0 amide bonds. The van der Waals surface area contributed by atoms with E-state index in [0.717, 1.165) is 167 Å². The first-order valence-electron chi connectivity index (χ1n) is 44.1. The molecule has 0 aliphatic heterocycles. The van der Waals surface area contributed by atoms with E-state index in [4.69, 9.17) is 32.3 Å². The number of phosphoric acid groups is 2. The highest BCUT2D eigenvalue weighted by molar-refractivity contribution is 7.47. The van der Waals surface area contributed by atoms with E-state index in [1.54, 1.807) is 0 Å². The molecule has 5 atom stereocenters. The maximum Gasteiger partial charge on any atom is 0.472 e. The average Bonchev–Trinajstić information content (AvgIpc) is 0.918. The second-order valence-corrected chi connectivity index (χ2v) is 32.2. The Morgan fingerprint density at radius 2 is 0.477 bits per heavy atom. The first kappa shape index (κ1) is 106. The van der Waals surface area contributed by atoms with Crippen LogP contribution in [0.2, 0.25) is 0 Å². The van der Waals surface area contributed by atoms with E-state index < -0.39 is 91.5 Å². The van der Waals surface area contributed by atoms with Crippen molar-refractivity contribution < 1.29 is 75.8 Å². The third-order valence-electron chi connectivity index (χ3n) is 18.5. The van der Waals surface area contributed by atoms with E-state index in [-0.39, 0.29) is 19.3 Å². The number of aliphatic hydroxyl groups is 2. The quantitative estimate of drug-likeness (QED) is 0.0146. The van der Waals surface area contributed by atoms with Crippen LogP contribution in [0.5, 0.6) is 0 Å². The van der Waals surface area contributed by atoms with Gasteiger partial charge in [0.05, 0.1) is 26.4 Å². The molecule has 0 rings (SSSR count). The van der Waals surface area contributed by atoms with Crippen LogP contribution >= 0.6 is 15.6 Å². The van der Waals surface area contributed by atoms with Crippen LogP contribution in [0.15, 0.2) is 146 Å². The van der Waals surface area contributed by atoms with Crippen LogP contribution in [0.1, 0.15) is 367 Å². The van der Waals surface area contributed by atoms with Crippen LogP contribution in [0.25, 0.3) is 0 Å². The van der Waals surface area contributed by atoms with E-state index in [1.807, 2.05) is 0 Å². The highest BCUT2D eigenvalue weighted by atomic mass is 31.2. The molecule has 4 N–H and O–H groups in total.